The number of aromatic hydroxyl groups is 1. The highest BCUT2D eigenvalue weighted by Crippen LogP contribution is 2.23. The number of hydrogen-bond acceptors (Lipinski definition) is 4. The van der Waals surface area contributed by atoms with Crippen molar-refractivity contribution in [2.24, 2.45) is 0 Å². The first-order chi connectivity index (χ1) is 8.10. The highest BCUT2D eigenvalue weighted by atomic mass is 16.3. The molecule has 0 aromatic carbocycles. The van der Waals surface area contributed by atoms with Gasteiger partial charge in [-0.05, 0) is 20.3 Å². The van der Waals surface area contributed by atoms with Crippen molar-refractivity contribution in [3.05, 3.63) is 23.0 Å². The van der Waals surface area contributed by atoms with Crippen LogP contribution in [0.3, 0.4) is 0 Å². The van der Waals surface area contributed by atoms with Crippen molar-refractivity contribution in [3.63, 3.8) is 0 Å². The predicted octanol–water partition coefficient (Wildman–Crippen LogP) is 1.87. The summed E-state index contributed by atoms with van der Waals surface area (Å²) in [6.45, 7) is 6.49. The van der Waals surface area contributed by atoms with Crippen LogP contribution in [0.15, 0.2) is 6.20 Å². The van der Waals surface area contributed by atoms with Crippen LogP contribution < -0.4 is 5.32 Å². The normalized spacial score (nSPS) is 12.7. The summed E-state index contributed by atoms with van der Waals surface area (Å²) < 4.78 is 0. The second kappa shape index (κ2) is 6.57. The van der Waals surface area contributed by atoms with Crippen molar-refractivity contribution >= 4 is 0 Å². The smallest absolute Gasteiger partial charge is 0.141 e. The Morgan fingerprint density at radius 3 is 2.76 bits per heavy atom. The topological polar surface area (TPSA) is 65.4 Å². The molecule has 1 aromatic rings. The molecule has 0 spiro atoms. The zero-order valence-corrected chi connectivity index (χ0v) is 10.8. The Morgan fingerprint density at radius 2 is 2.18 bits per heavy atom. The summed E-state index contributed by atoms with van der Waals surface area (Å²) in [7, 11) is 0. The molecule has 0 bridgehead atoms. The van der Waals surface area contributed by atoms with Crippen LogP contribution in [0.5, 0.6) is 5.75 Å². The number of aliphatic hydroxyl groups excluding tert-OH is 1. The number of aryl methyl sites for hydroxylation is 1. The number of aliphatic hydroxyl groups is 1. The summed E-state index contributed by atoms with van der Waals surface area (Å²) in [6, 6.07) is 0.402. The average molecular weight is 238 g/mol. The minimum Gasteiger partial charge on any atom is -0.506 e. The Bertz CT molecular complexity index is 367. The largest absolute Gasteiger partial charge is 0.506 e. The van der Waals surface area contributed by atoms with Crippen LogP contribution in [-0.2, 0) is 13.2 Å². The molecule has 0 amide bonds. The zero-order chi connectivity index (χ0) is 12.8. The van der Waals surface area contributed by atoms with Crippen molar-refractivity contribution in [1.82, 2.24) is 10.3 Å². The Morgan fingerprint density at radius 1 is 1.47 bits per heavy atom. The van der Waals surface area contributed by atoms with E-state index in [-0.39, 0.29) is 12.4 Å². The highest BCUT2D eigenvalue weighted by molar-refractivity contribution is 5.40. The van der Waals surface area contributed by atoms with Gasteiger partial charge in [0.15, 0.2) is 0 Å². The molecule has 1 aromatic heterocycles. The minimum atomic E-state index is -0.0972. The fraction of sp³-hybridized carbons (Fsp3) is 0.615. The summed E-state index contributed by atoms with van der Waals surface area (Å²) in [5.74, 6) is 0.188. The number of aromatic nitrogens is 1. The molecule has 0 fully saturated rings. The van der Waals surface area contributed by atoms with Gasteiger partial charge in [-0.2, -0.15) is 0 Å². The van der Waals surface area contributed by atoms with Gasteiger partial charge >= 0.3 is 0 Å². The summed E-state index contributed by atoms with van der Waals surface area (Å²) in [5, 5.41) is 22.5. The van der Waals surface area contributed by atoms with E-state index in [1.54, 1.807) is 13.1 Å². The summed E-state index contributed by atoms with van der Waals surface area (Å²) in [6.07, 6.45) is 3.85. The lowest BCUT2D eigenvalue weighted by Crippen LogP contribution is -2.25. The summed E-state index contributed by atoms with van der Waals surface area (Å²) in [4.78, 5) is 4.04. The lowest BCUT2D eigenvalue weighted by molar-refractivity contribution is 0.278. The van der Waals surface area contributed by atoms with Crippen LogP contribution in [0.4, 0.5) is 0 Å². The van der Waals surface area contributed by atoms with E-state index in [1.165, 1.54) is 0 Å². The van der Waals surface area contributed by atoms with Crippen molar-refractivity contribution in [2.75, 3.05) is 0 Å². The summed E-state index contributed by atoms with van der Waals surface area (Å²) in [5.41, 5.74) is 2.04. The highest BCUT2D eigenvalue weighted by Gasteiger charge is 2.11. The van der Waals surface area contributed by atoms with E-state index in [4.69, 9.17) is 0 Å². The predicted molar refractivity (Wildman–Crippen MR) is 67.8 cm³/mol. The Balaban J connectivity index is 2.78. The van der Waals surface area contributed by atoms with Crippen LogP contribution in [0.2, 0.25) is 0 Å². The Kier molecular flexibility index (Phi) is 5.38. The molecule has 0 radical (unpaired) electrons. The molecule has 3 N–H and O–H groups in total. The SMILES string of the molecule is CCCC(C)NCc1c(CO)cnc(C)c1O. The van der Waals surface area contributed by atoms with Gasteiger partial charge in [-0.1, -0.05) is 13.3 Å². The molecule has 1 heterocycles. The maximum Gasteiger partial charge on any atom is 0.141 e. The third-order valence-electron chi connectivity index (χ3n) is 2.95. The molecule has 0 aliphatic carbocycles. The first-order valence-corrected chi connectivity index (χ1v) is 6.10. The molecule has 17 heavy (non-hydrogen) atoms. The number of nitrogens with zero attached hydrogens (tertiary/aromatic N) is 1. The second-order valence-corrected chi connectivity index (χ2v) is 4.42. The number of hydrogen-bond donors (Lipinski definition) is 3. The fourth-order valence-corrected chi connectivity index (χ4v) is 1.83. The van der Waals surface area contributed by atoms with Crippen molar-refractivity contribution in [1.29, 1.82) is 0 Å². The van der Waals surface area contributed by atoms with Gasteiger partial charge < -0.3 is 15.5 Å². The zero-order valence-electron chi connectivity index (χ0n) is 10.8. The Labute approximate surface area is 103 Å². The first-order valence-electron chi connectivity index (χ1n) is 6.10. The van der Waals surface area contributed by atoms with Gasteiger partial charge in [0, 0.05) is 29.9 Å². The van der Waals surface area contributed by atoms with E-state index < -0.39 is 0 Å². The van der Waals surface area contributed by atoms with E-state index in [0.29, 0.717) is 23.8 Å². The molecular weight excluding hydrogens is 216 g/mol. The number of pyridine rings is 1. The third kappa shape index (κ3) is 3.68. The molecule has 0 saturated heterocycles. The van der Waals surface area contributed by atoms with Crippen LogP contribution in [0.1, 0.15) is 43.5 Å². The van der Waals surface area contributed by atoms with Gasteiger partial charge in [0.05, 0.1) is 12.3 Å². The van der Waals surface area contributed by atoms with E-state index >= 15 is 0 Å². The molecule has 4 nitrogen and oxygen atoms in total. The van der Waals surface area contributed by atoms with Gasteiger partial charge in [0.1, 0.15) is 5.75 Å². The molecule has 0 aliphatic rings. The maximum absolute atomic E-state index is 9.94. The van der Waals surface area contributed by atoms with Crippen LogP contribution in [0.25, 0.3) is 0 Å². The molecule has 0 saturated carbocycles. The molecular formula is C13H22N2O2. The molecule has 1 atom stereocenters. The van der Waals surface area contributed by atoms with Gasteiger partial charge in [-0.3, -0.25) is 4.98 Å². The molecule has 1 unspecified atom stereocenters. The molecule has 0 aliphatic heterocycles. The monoisotopic (exact) mass is 238 g/mol. The molecule has 96 valence electrons. The lowest BCUT2D eigenvalue weighted by atomic mass is 10.1. The van der Waals surface area contributed by atoms with Crippen LogP contribution in [0, 0.1) is 6.92 Å². The summed E-state index contributed by atoms with van der Waals surface area (Å²) >= 11 is 0. The fourth-order valence-electron chi connectivity index (χ4n) is 1.83. The van der Waals surface area contributed by atoms with Crippen molar-refractivity contribution in [2.45, 2.75) is 52.8 Å². The van der Waals surface area contributed by atoms with E-state index in [9.17, 15) is 10.2 Å². The van der Waals surface area contributed by atoms with Crippen LogP contribution in [-0.4, -0.2) is 21.2 Å². The van der Waals surface area contributed by atoms with Gasteiger partial charge in [0.2, 0.25) is 0 Å². The van der Waals surface area contributed by atoms with Crippen LogP contribution >= 0.6 is 0 Å². The first kappa shape index (κ1) is 13.9. The standard InChI is InChI=1S/C13H22N2O2/c1-4-5-9(2)14-7-12-11(8-16)6-15-10(3)13(12)17/h6,9,14,16-17H,4-5,7-8H2,1-3H3. The van der Waals surface area contributed by atoms with Gasteiger partial charge in [-0.25, -0.2) is 0 Å². The number of nitrogens with one attached hydrogen (secondary N) is 1. The molecule has 4 heteroatoms. The Hall–Kier alpha value is -1.13. The van der Waals surface area contributed by atoms with E-state index in [2.05, 4.69) is 24.1 Å². The minimum absolute atomic E-state index is 0.0972. The van der Waals surface area contributed by atoms with Crippen molar-refractivity contribution in [3.8, 4) is 5.75 Å². The average Bonchev–Trinajstić information content (AvgIpc) is 2.31. The second-order valence-electron chi connectivity index (χ2n) is 4.42. The quantitative estimate of drug-likeness (QED) is 0.708. The van der Waals surface area contributed by atoms with E-state index in [0.717, 1.165) is 18.4 Å². The lowest BCUT2D eigenvalue weighted by Gasteiger charge is -2.16. The maximum atomic E-state index is 9.94. The number of rotatable bonds is 6. The van der Waals surface area contributed by atoms with Gasteiger partial charge in [0.25, 0.3) is 0 Å². The van der Waals surface area contributed by atoms with E-state index in [1.807, 2.05) is 0 Å². The third-order valence-corrected chi connectivity index (χ3v) is 2.95. The van der Waals surface area contributed by atoms with Gasteiger partial charge in [-0.15, -0.1) is 0 Å². The van der Waals surface area contributed by atoms with Crippen molar-refractivity contribution < 1.29 is 10.2 Å². The molecule has 1 rings (SSSR count).